The normalized spacial score (nSPS) is 9.64. The number of benzene rings is 2. The van der Waals surface area contributed by atoms with Crippen molar-refractivity contribution < 1.29 is 9.59 Å². The number of carbonyl (C=O) groups excluding carboxylic acids is 2. The summed E-state index contributed by atoms with van der Waals surface area (Å²) in [7, 11) is 0. The van der Waals surface area contributed by atoms with E-state index in [1.165, 1.54) is 12.1 Å². The van der Waals surface area contributed by atoms with Gasteiger partial charge in [-0.25, -0.2) is 0 Å². The molecular weight excluding hydrogens is 276 g/mol. The van der Waals surface area contributed by atoms with Crippen LogP contribution in [0.25, 0.3) is 11.1 Å². The van der Waals surface area contributed by atoms with E-state index < -0.39 is 0 Å². The van der Waals surface area contributed by atoms with Gasteiger partial charge in [0, 0.05) is 11.1 Å². The van der Waals surface area contributed by atoms with Crippen LogP contribution in [-0.2, 0) is 0 Å². The van der Waals surface area contributed by atoms with E-state index in [1.807, 2.05) is 12.1 Å². The van der Waals surface area contributed by atoms with Crippen LogP contribution >= 0.6 is 0 Å². The van der Waals surface area contributed by atoms with Crippen LogP contribution < -0.4 is 0 Å². The largest absolute Gasteiger partial charge is 0.298 e. The lowest BCUT2D eigenvalue weighted by atomic mass is 9.87. The third kappa shape index (κ3) is 2.51. The van der Waals surface area contributed by atoms with Crippen molar-refractivity contribution in [2.45, 2.75) is 13.8 Å². The van der Waals surface area contributed by atoms with E-state index in [9.17, 15) is 9.59 Å². The zero-order valence-corrected chi connectivity index (χ0v) is 12.2. The van der Waals surface area contributed by atoms with Crippen LogP contribution in [0.5, 0.6) is 0 Å². The molecule has 0 bridgehead atoms. The van der Waals surface area contributed by atoms with Gasteiger partial charge in [0.25, 0.3) is 0 Å². The summed E-state index contributed by atoms with van der Waals surface area (Å²) < 4.78 is 0. The highest BCUT2D eigenvalue weighted by Gasteiger charge is 2.17. The molecule has 0 heterocycles. The zero-order valence-electron chi connectivity index (χ0n) is 12.2. The molecule has 0 aliphatic carbocycles. The average Bonchev–Trinajstić information content (AvgIpc) is 2.53. The van der Waals surface area contributed by atoms with Crippen LogP contribution in [0.2, 0.25) is 0 Å². The Labute approximate surface area is 128 Å². The lowest BCUT2D eigenvalue weighted by Gasteiger charge is -2.15. The molecule has 0 spiro atoms. The van der Waals surface area contributed by atoms with E-state index in [2.05, 4.69) is 0 Å². The van der Waals surface area contributed by atoms with E-state index in [0.717, 1.165) is 11.1 Å². The summed E-state index contributed by atoms with van der Waals surface area (Å²) in [6.07, 6.45) is 1.35. The Bertz CT molecular complexity index is 795. The fourth-order valence-electron chi connectivity index (χ4n) is 2.63. The van der Waals surface area contributed by atoms with Crippen molar-refractivity contribution >= 4 is 12.6 Å². The molecule has 2 aromatic rings. The molecule has 0 radical (unpaired) electrons. The van der Waals surface area contributed by atoms with Crippen LogP contribution in [0, 0.1) is 36.5 Å². The molecule has 2 aromatic carbocycles. The standard InChI is InChI=1S/C18H12N2O2/c1-11-3-13(7-19)5-15(9-21)17(11)18-12(2)4-14(8-20)6-16(18)10-22/h3-6,9-10H,1-2H3. The molecule has 0 saturated heterocycles. The maximum absolute atomic E-state index is 11.4. The quantitative estimate of drug-likeness (QED) is 0.811. The van der Waals surface area contributed by atoms with Gasteiger partial charge in [-0.3, -0.25) is 9.59 Å². The molecule has 106 valence electrons. The molecule has 0 amide bonds. The van der Waals surface area contributed by atoms with Crippen molar-refractivity contribution in [3.05, 3.63) is 57.6 Å². The first-order chi connectivity index (χ1) is 10.5. The third-order valence-corrected chi connectivity index (χ3v) is 3.49. The highest BCUT2D eigenvalue weighted by Crippen LogP contribution is 2.33. The number of aldehydes is 2. The van der Waals surface area contributed by atoms with Crippen molar-refractivity contribution in [1.82, 2.24) is 0 Å². The second-order valence-corrected chi connectivity index (χ2v) is 4.97. The maximum atomic E-state index is 11.4. The molecule has 2 rings (SSSR count). The number of hydrogen-bond acceptors (Lipinski definition) is 4. The third-order valence-electron chi connectivity index (χ3n) is 3.49. The maximum Gasteiger partial charge on any atom is 0.150 e. The molecule has 22 heavy (non-hydrogen) atoms. The highest BCUT2D eigenvalue weighted by molar-refractivity contribution is 5.97. The monoisotopic (exact) mass is 288 g/mol. The lowest BCUT2D eigenvalue weighted by Crippen LogP contribution is -2.00. The predicted molar refractivity (Wildman–Crippen MR) is 81.6 cm³/mol. The Morgan fingerprint density at radius 3 is 1.41 bits per heavy atom. The summed E-state index contributed by atoms with van der Waals surface area (Å²) >= 11 is 0. The molecule has 0 fully saturated rings. The molecule has 0 aromatic heterocycles. The molecule has 4 nitrogen and oxygen atoms in total. The van der Waals surface area contributed by atoms with Gasteiger partial charge >= 0.3 is 0 Å². The summed E-state index contributed by atoms with van der Waals surface area (Å²) in [5.74, 6) is 0. The molecule has 0 aliphatic heterocycles. The van der Waals surface area contributed by atoms with Crippen molar-refractivity contribution in [3.8, 4) is 23.3 Å². The molecular formula is C18H12N2O2. The Balaban J connectivity index is 2.89. The molecule has 0 N–H and O–H groups in total. The molecule has 0 atom stereocenters. The Hall–Kier alpha value is -3.24. The summed E-state index contributed by atoms with van der Waals surface area (Å²) in [5, 5.41) is 18.0. The van der Waals surface area contributed by atoms with Crippen LogP contribution in [0.4, 0.5) is 0 Å². The van der Waals surface area contributed by atoms with Crippen molar-refractivity contribution in [2.24, 2.45) is 0 Å². The average molecular weight is 288 g/mol. The highest BCUT2D eigenvalue weighted by atomic mass is 16.1. The van der Waals surface area contributed by atoms with Crippen molar-refractivity contribution in [2.75, 3.05) is 0 Å². The fourth-order valence-corrected chi connectivity index (χ4v) is 2.63. The van der Waals surface area contributed by atoms with Gasteiger partial charge in [0.05, 0.1) is 23.3 Å². The number of rotatable bonds is 3. The number of nitrogens with zero attached hydrogens (tertiary/aromatic N) is 2. The first-order valence-corrected chi connectivity index (χ1v) is 6.56. The number of nitriles is 2. The van der Waals surface area contributed by atoms with Crippen LogP contribution in [0.15, 0.2) is 24.3 Å². The van der Waals surface area contributed by atoms with Gasteiger partial charge in [-0.15, -0.1) is 0 Å². The van der Waals surface area contributed by atoms with E-state index in [-0.39, 0.29) is 0 Å². The zero-order chi connectivity index (χ0) is 16.3. The second kappa shape index (κ2) is 6.03. The lowest BCUT2D eigenvalue weighted by molar-refractivity contribution is 0.111. The van der Waals surface area contributed by atoms with Gasteiger partial charge in [-0.05, 0) is 60.4 Å². The minimum atomic E-state index is 0.354. The molecule has 4 heteroatoms. The van der Waals surface area contributed by atoms with Gasteiger partial charge in [-0.1, -0.05) is 0 Å². The predicted octanol–water partition coefficient (Wildman–Crippen LogP) is 3.34. The first-order valence-electron chi connectivity index (χ1n) is 6.56. The van der Waals surface area contributed by atoms with Crippen LogP contribution in [0.1, 0.15) is 43.0 Å². The van der Waals surface area contributed by atoms with Gasteiger partial charge < -0.3 is 0 Å². The van der Waals surface area contributed by atoms with Crippen molar-refractivity contribution in [3.63, 3.8) is 0 Å². The summed E-state index contributed by atoms with van der Waals surface area (Å²) in [6, 6.07) is 10.4. The van der Waals surface area contributed by atoms with Gasteiger partial charge in [0.2, 0.25) is 0 Å². The van der Waals surface area contributed by atoms with E-state index >= 15 is 0 Å². The Morgan fingerprint density at radius 1 is 0.773 bits per heavy atom. The van der Waals surface area contributed by atoms with Gasteiger partial charge in [-0.2, -0.15) is 10.5 Å². The van der Waals surface area contributed by atoms with Gasteiger partial charge in [0.1, 0.15) is 0 Å². The minimum absolute atomic E-state index is 0.354. The van der Waals surface area contributed by atoms with E-state index in [4.69, 9.17) is 10.5 Å². The van der Waals surface area contributed by atoms with E-state index in [0.29, 0.717) is 46.0 Å². The number of aryl methyl sites for hydroxylation is 2. The van der Waals surface area contributed by atoms with Crippen LogP contribution in [0.3, 0.4) is 0 Å². The Kier molecular flexibility index (Phi) is 4.15. The van der Waals surface area contributed by atoms with Crippen molar-refractivity contribution in [1.29, 1.82) is 10.5 Å². The second-order valence-electron chi connectivity index (χ2n) is 4.97. The van der Waals surface area contributed by atoms with Gasteiger partial charge in [0.15, 0.2) is 12.6 Å². The number of hydrogen-bond donors (Lipinski definition) is 0. The molecule has 0 aliphatic rings. The fraction of sp³-hybridized carbons (Fsp3) is 0.111. The van der Waals surface area contributed by atoms with Crippen LogP contribution in [-0.4, -0.2) is 12.6 Å². The van der Waals surface area contributed by atoms with E-state index in [1.54, 1.807) is 26.0 Å². The first kappa shape index (κ1) is 15.2. The summed E-state index contributed by atoms with van der Waals surface area (Å²) in [5.41, 5.74) is 4.20. The topological polar surface area (TPSA) is 81.7 Å². The summed E-state index contributed by atoms with van der Waals surface area (Å²) in [4.78, 5) is 22.8. The number of carbonyl (C=O) groups is 2. The smallest absolute Gasteiger partial charge is 0.150 e. The summed E-state index contributed by atoms with van der Waals surface area (Å²) in [6.45, 7) is 3.57. The minimum Gasteiger partial charge on any atom is -0.298 e. The SMILES string of the molecule is Cc1cc(C#N)cc(C=O)c1-c1c(C)cc(C#N)cc1C=O. The molecule has 0 unspecified atom stereocenters. The molecule has 0 saturated carbocycles. The Morgan fingerprint density at radius 2 is 1.14 bits per heavy atom.